The maximum absolute atomic E-state index is 11.9. The highest BCUT2D eigenvalue weighted by atomic mass is 32.1. The summed E-state index contributed by atoms with van der Waals surface area (Å²) in [6, 6.07) is -0.00896. The zero-order valence-corrected chi connectivity index (χ0v) is 13.2. The summed E-state index contributed by atoms with van der Waals surface area (Å²) in [5.74, 6) is -0.0542. The number of aromatic nitrogens is 1. The third-order valence-corrected chi connectivity index (χ3v) is 4.70. The van der Waals surface area contributed by atoms with E-state index in [2.05, 4.69) is 15.6 Å². The molecule has 0 saturated carbocycles. The van der Waals surface area contributed by atoms with Crippen LogP contribution in [0, 0.1) is 13.8 Å². The summed E-state index contributed by atoms with van der Waals surface area (Å²) in [5.41, 5.74) is 1.000. The molecule has 2 rings (SSSR count). The van der Waals surface area contributed by atoms with Crippen LogP contribution < -0.4 is 10.6 Å². The molecule has 1 aliphatic rings. The third kappa shape index (κ3) is 4.26. The molecule has 0 radical (unpaired) electrons. The van der Waals surface area contributed by atoms with Gasteiger partial charge < -0.3 is 15.4 Å². The molecule has 0 aromatic carbocycles. The molecule has 5 nitrogen and oxygen atoms in total. The van der Waals surface area contributed by atoms with Crippen LogP contribution in [0.4, 0.5) is 0 Å². The van der Waals surface area contributed by atoms with E-state index in [4.69, 9.17) is 4.74 Å². The molecular weight excluding hydrogens is 274 g/mol. The van der Waals surface area contributed by atoms with E-state index in [1.807, 2.05) is 20.8 Å². The Morgan fingerprint density at radius 1 is 1.50 bits per heavy atom. The van der Waals surface area contributed by atoms with Gasteiger partial charge >= 0.3 is 0 Å². The summed E-state index contributed by atoms with van der Waals surface area (Å²) in [6.07, 6.45) is 2.18. The van der Waals surface area contributed by atoms with Gasteiger partial charge in [-0.15, -0.1) is 11.3 Å². The lowest BCUT2D eigenvalue weighted by atomic mass is 10.1. The first-order valence-corrected chi connectivity index (χ1v) is 7.93. The highest BCUT2D eigenvalue weighted by molar-refractivity contribution is 7.11. The van der Waals surface area contributed by atoms with Crippen LogP contribution in [0.5, 0.6) is 0 Å². The van der Waals surface area contributed by atoms with E-state index in [9.17, 15) is 4.79 Å². The summed E-state index contributed by atoms with van der Waals surface area (Å²) in [6.45, 7) is 8.04. The molecule has 1 amide bonds. The number of hydrogen-bond donors (Lipinski definition) is 2. The van der Waals surface area contributed by atoms with Crippen molar-refractivity contribution in [3.8, 4) is 0 Å². The smallest absolute Gasteiger partial charge is 0.246 e. The van der Waals surface area contributed by atoms with Gasteiger partial charge in [0.15, 0.2) is 0 Å². The van der Waals surface area contributed by atoms with E-state index >= 15 is 0 Å². The highest BCUT2D eigenvalue weighted by Crippen LogP contribution is 2.24. The Balaban J connectivity index is 1.77. The fourth-order valence-corrected chi connectivity index (χ4v) is 3.38. The monoisotopic (exact) mass is 297 g/mol. The van der Waals surface area contributed by atoms with Crippen LogP contribution in [0.3, 0.4) is 0 Å². The quantitative estimate of drug-likeness (QED) is 0.868. The Hall–Kier alpha value is -0.980. The van der Waals surface area contributed by atoms with Crippen LogP contribution in [-0.2, 0) is 9.53 Å². The van der Waals surface area contributed by atoms with E-state index in [1.54, 1.807) is 11.3 Å². The largest absolute Gasteiger partial charge is 0.368 e. The van der Waals surface area contributed by atoms with Gasteiger partial charge in [0.2, 0.25) is 5.91 Å². The van der Waals surface area contributed by atoms with Crippen molar-refractivity contribution in [3.05, 3.63) is 15.6 Å². The summed E-state index contributed by atoms with van der Waals surface area (Å²) in [7, 11) is 0. The van der Waals surface area contributed by atoms with Crippen molar-refractivity contribution in [1.82, 2.24) is 15.6 Å². The number of aryl methyl sites for hydroxylation is 2. The fourth-order valence-electron chi connectivity index (χ4n) is 2.45. The number of piperidine rings is 1. The first kappa shape index (κ1) is 15.4. The maximum atomic E-state index is 11.9. The molecule has 2 N–H and O–H groups in total. The molecule has 0 bridgehead atoms. The van der Waals surface area contributed by atoms with Crippen LogP contribution >= 0.6 is 11.3 Å². The summed E-state index contributed by atoms with van der Waals surface area (Å²) in [5, 5.41) is 7.29. The Labute approximate surface area is 124 Å². The topological polar surface area (TPSA) is 63.2 Å². The van der Waals surface area contributed by atoms with E-state index in [0.29, 0.717) is 0 Å². The van der Waals surface area contributed by atoms with Crippen molar-refractivity contribution in [1.29, 1.82) is 0 Å². The van der Waals surface area contributed by atoms with Gasteiger partial charge in [0, 0.05) is 4.88 Å². The molecule has 1 saturated heterocycles. The minimum absolute atomic E-state index is 0.00896. The normalized spacial score (nSPS) is 17.9. The summed E-state index contributed by atoms with van der Waals surface area (Å²) < 4.78 is 5.65. The molecule has 6 heteroatoms. The lowest BCUT2D eigenvalue weighted by molar-refractivity contribution is -0.128. The second-order valence-electron chi connectivity index (χ2n) is 5.23. The number of amides is 1. The minimum atomic E-state index is -0.0542. The van der Waals surface area contributed by atoms with Crippen LogP contribution in [0.15, 0.2) is 0 Å². The van der Waals surface area contributed by atoms with Crippen molar-refractivity contribution in [2.24, 2.45) is 0 Å². The zero-order valence-electron chi connectivity index (χ0n) is 12.4. The molecule has 1 aromatic heterocycles. The number of rotatable bonds is 5. The Morgan fingerprint density at radius 2 is 2.20 bits per heavy atom. The average Bonchev–Trinajstić information content (AvgIpc) is 2.77. The molecule has 0 aliphatic carbocycles. The van der Waals surface area contributed by atoms with E-state index in [1.165, 1.54) is 0 Å². The third-order valence-electron chi connectivity index (χ3n) is 3.45. The standard InChI is InChI=1S/C14H23N3O2S/c1-9-14(20-11(3)16-9)10(2)17-13(18)8-19-12-4-6-15-7-5-12/h10,12,15H,4-8H2,1-3H3,(H,17,18). The van der Waals surface area contributed by atoms with Crippen molar-refractivity contribution in [2.45, 2.75) is 45.8 Å². The van der Waals surface area contributed by atoms with E-state index < -0.39 is 0 Å². The highest BCUT2D eigenvalue weighted by Gasteiger charge is 2.18. The second kappa shape index (κ2) is 7.15. The zero-order chi connectivity index (χ0) is 14.5. The van der Waals surface area contributed by atoms with E-state index in [-0.39, 0.29) is 24.7 Å². The van der Waals surface area contributed by atoms with Crippen molar-refractivity contribution in [2.75, 3.05) is 19.7 Å². The first-order chi connectivity index (χ1) is 9.56. The van der Waals surface area contributed by atoms with Gasteiger partial charge in [0.05, 0.1) is 22.8 Å². The lowest BCUT2D eigenvalue weighted by Gasteiger charge is -2.23. The number of nitrogens with one attached hydrogen (secondary N) is 2. The first-order valence-electron chi connectivity index (χ1n) is 7.12. The molecule has 112 valence electrons. The fraction of sp³-hybridized carbons (Fsp3) is 0.714. The van der Waals surface area contributed by atoms with Crippen LogP contribution in [0.2, 0.25) is 0 Å². The number of nitrogens with zero attached hydrogens (tertiary/aromatic N) is 1. The molecule has 1 aromatic rings. The molecule has 2 heterocycles. The van der Waals surface area contributed by atoms with Crippen molar-refractivity contribution < 1.29 is 9.53 Å². The SMILES string of the molecule is Cc1nc(C)c(C(C)NC(=O)COC2CCNCC2)s1. The number of hydrogen-bond acceptors (Lipinski definition) is 5. The molecule has 1 unspecified atom stereocenters. The van der Waals surface area contributed by atoms with Gasteiger partial charge in [-0.05, 0) is 46.7 Å². The minimum Gasteiger partial charge on any atom is -0.368 e. The molecule has 1 aliphatic heterocycles. The molecule has 1 fully saturated rings. The Kier molecular flexibility index (Phi) is 5.51. The summed E-state index contributed by atoms with van der Waals surface area (Å²) >= 11 is 1.64. The van der Waals surface area contributed by atoms with Gasteiger partial charge in [-0.2, -0.15) is 0 Å². The second-order valence-corrected chi connectivity index (χ2v) is 6.47. The number of ether oxygens (including phenoxy) is 1. The molecule has 0 spiro atoms. The average molecular weight is 297 g/mol. The molecule has 20 heavy (non-hydrogen) atoms. The number of carbonyl (C=O) groups excluding carboxylic acids is 1. The van der Waals surface area contributed by atoms with Crippen LogP contribution in [0.1, 0.15) is 41.4 Å². The predicted molar refractivity (Wildman–Crippen MR) is 80.0 cm³/mol. The Bertz CT molecular complexity index is 455. The molecule has 1 atom stereocenters. The van der Waals surface area contributed by atoms with E-state index in [0.717, 1.165) is 41.5 Å². The number of thiazole rings is 1. The van der Waals surface area contributed by atoms with Crippen LogP contribution in [-0.4, -0.2) is 36.7 Å². The van der Waals surface area contributed by atoms with Gasteiger partial charge in [-0.25, -0.2) is 4.98 Å². The number of carbonyl (C=O) groups is 1. The van der Waals surface area contributed by atoms with Gasteiger partial charge in [-0.1, -0.05) is 0 Å². The van der Waals surface area contributed by atoms with Gasteiger partial charge in [0.25, 0.3) is 0 Å². The molecular formula is C14H23N3O2S. The summed E-state index contributed by atoms with van der Waals surface area (Å²) in [4.78, 5) is 17.4. The Morgan fingerprint density at radius 3 is 2.80 bits per heavy atom. The van der Waals surface area contributed by atoms with Crippen LogP contribution in [0.25, 0.3) is 0 Å². The predicted octanol–water partition coefficient (Wildman–Crippen LogP) is 1.71. The maximum Gasteiger partial charge on any atom is 0.246 e. The van der Waals surface area contributed by atoms with Crippen molar-refractivity contribution in [3.63, 3.8) is 0 Å². The van der Waals surface area contributed by atoms with Gasteiger partial charge in [0.1, 0.15) is 6.61 Å². The van der Waals surface area contributed by atoms with Gasteiger partial charge in [-0.3, -0.25) is 4.79 Å². The van der Waals surface area contributed by atoms with Crippen molar-refractivity contribution >= 4 is 17.2 Å². The lowest BCUT2D eigenvalue weighted by Crippen LogP contribution is -2.36.